The molecule has 4 aliphatic heterocycles. The maximum absolute atomic E-state index is 13.1. The van der Waals surface area contributed by atoms with Crippen molar-refractivity contribution in [3.63, 3.8) is 0 Å². The molecule has 4 saturated heterocycles. The minimum atomic E-state index is -0.523. The molecule has 4 atom stereocenters. The van der Waals surface area contributed by atoms with Crippen molar-refractivity contribution in [2.24, 2.45) is 5.92 Å². The van der Waals surface area contributed by atoms with Crippen molar-refractivity contribution in [1.82, 2.24) is 25.3 Å². The minimum absolute atomic E-state index is 0.00373. The van der Waals surface area contributed by atoms with Gasteiger partial charge in [-0.1, -0.05) is 13.5 Å². The van der Waals surface area contributed by atoms with Crippen LogP contribution in [0.3, 0.4) is 0 Å². The van der Waals surface area contributed by atoms with E-state index in [2.05, 4.69) is 17.2 Å². The summed E-state index contributed by atoms with van der Waals surface area (Å²) < 4.78 is 0. The van der Waals surface area contributed by atoms with Gasteiger partial charge in [-0.05, 0) is 44.4 Å². The molecule has 0 bridgehead atoms. The van der Waals surface area contributed by atoms with Gasteiger partial charge in [0, 0.05) is 37.8 Å². The average Bonchev–Trinajstić information content (AvgIpc) is 3.54. The lowest BCUT2D eigenvalue weighted by Gasteiger charge is -2.32. The molecule has 0 spiro atoms. The second-order valence-corrected chi connectivity index (χ2v) is 9.57. The van der Waals surface area contributed by atoms with Crippen LogP contribution in [0.1, 0.15) is 51.9 Å². The van der Waals surface area contributed by atoms with Gasteiger partial charge in [-0.2, -0.15) is 0 Å². The van der Waals surface area contributed by atoms with Crippen LogP contribution >= 0.6 is 0 Å². The van der Waals surface area contributed by atoms with E-state index in [9.17, 15) is 19.2 Å². The van der Waals surface area contributed by atoms with Crippen molar-refractivity contribution in [3.8, 4) is 0 Å². The highest BCUT2D eigenvalue weighted by Gasteiger charge is 2.39. The van der Waals surface area contributed by atoms with Gasteiger partial charge in [-0.15, -0.1) is 0 Å². The van der Waals surface area contributed by atoms with E-state index in [0.717, 1.165) is 32.1 Å². The summed E-state index contributed by atoms with van der Waals surface area (Å²) in [6, 6.07) is -0.678. The maximum Gasteiger partial charge on any atom is 0.243 e. The molecule has 32 heavy (non-hydrogen) atoms. The monoisotopic (exact) mass is 445 g/mol. The molecule has 0 radical (unpaired) electrons. The van der Waals surface area contributed by atoms with Gasteiger partial charge >= 0.3 is 0 Å². The van der Waals surface area contributed by atoms with E-state index >= 15 is 0 Å². The van der Waals surface area contributed by atoms with Gasteiger partial charge < -0.3 is 25.3 Å². The van der Waals surface area contributed by atoms with Gasteiger partial charge in [0.05, 0.1) is 19.1 Å². The number of hydrogen-bond donors (Lipinski definition) is 2. The highest BCUT2D eigenvalue weighted by atomic mass is 16.2. The Morgan fingerprint density at radius 3 is 2.06 bits per heavy atom. The Balaban J connectivity index is 1.56. The Morgan fingerprint density at radius 1 is 0.750 bits per heavy atom. The van der Waals surface area contributed by atoms with E-state index < -0.39 is 6.04 Å². The van der Waals surface area contributed by atoms with Crippen LogP contribution in [0.4, 0.5) is 0 Å². The summed E-state index contributed by atoms with van der Waals surface area (Å²) in [4.78, 5) is 57.0. The quantitative estimate of drug-likeness (QED) is 0.555. The average molecular weight is 446 g/mol. The fraction of sp³-hybridized carbons (Fsp3) is 0.739. The Hall–Kier alpha value is -2.58. The third kappa shape index (κ3) is 4.47. The molecule has 0 aromatic rings. The zero-order chi connectivity index (χ0) is 22.8. The van der Waals surface area contributed by atoms with E-state index in [0.29, 0.717) is 38.2 Å². The molecule has 0 aromatic carbocycles. The van der Waals surface area contributed by atoms with Crippen molar-refractivity contribution in [2.45, 2.75) is 70.0 Å². The SMILES string of the molecule is C=C1NCC(=O)N2CCCC2C(C)CC(=O)N2CCCC2C(=O)NCC(=O)N2CCCC12. The molecule has 0 aromatic heterocycles. The fourth-order valence-corrected chi connectivity index (χ4v) is 5.78. The summed E-state index contributed by atoms with van der Waals surface area (Å²) >= 11 is 0. The predicted octanol–water partition coefficient (Wildman–Crippen LogP) is 0.219. The number of amides is 4. The van der Waals surface area contributed by atoms with E-state index in [1.807, 2.05) is 11.8 Å². The number of fused-ring (bicyclic) bond motifs is 3. The summed E-state index contributed by atoms with van der Waals surface area (Å²) in [5.41, 5.74) is 0.667. The Bertz CT molecular complexity index is 799. The lowest BCUT2D eigenvalue weighted by atomic mass is 9.95. The molecule has 4 fully saturated rings. The zero-order valence-corrected chi connectivity index (χ0v) is 19.0. The Morgan fingerprint density at radius 2 is 1.31 bits per heavy atom. The predicted molar refractivity (Wildman–Crippen MR) is 118 cm³/mol. The fourth-order valence-electron chi connectivity index (χ4n) is 5.78. The number of hydrogen-bond acceptors (Lipinski definition) is 5. The number of nitrogens with one attached hydrogen (secondary N) is 2. The molecule has 4 unspecified atom stereocenters. The molecule has 176 valence electrons. The van der Waals surface area contributed by atoms with Crippen LogP contribution in [0.15, 0.2) is 12.3 Å². The summed E-state index contributed by atoms with van der Waals surface area (Å²) in [6.45, 7) is 8.03. The number of nitrogens with zero attached hydrogens (tertiary/aromatic N) is 3. The smallest absolute Gasteiger partial charge is 0.243 e. The molecule has 4 rings (SSSR count). The standard InChI is InChI=1S/C23H35N5O4/c1-15-12-20(29)28-11-5-8-19(28)23(32)25-14-22(31)27-10-4-7-18(27)16(2)24-13-21(30)26-9-3-6-17(15)26/h15,17-19,24H,2-14H2,1H3,(H,25,32). The van der Waals surface area contributed by atoms with E-state index in [1.165, 1.54) is 0 Å². The maximum atomic E-state index is 13.1. The molecular formula is C23H35N5O4. The van der Waals surface area contributed by atoms with E-state index in [1.54, 1.807) is 9.80 Å². The largest absolute Gasteiger partial charge is 0.378 e. The molecule has 4 aliphatic rings. The van der Waals surface area contributed by atoms with Crippen LogP contribution in [-0.4, -0.2) is 89.2 Å². The van der Waals surface area contributed by atoms with Crippen LogP contribution in [0.2, 0.25) is 0 Å². The van der Waals surface area contributed by atoms with Gasteiger partial charge in [-0.25, -0.2) is 0 Å². The second-order valence-electron chi connectivity index (χ2n) is 9.57. The first kappa shape index (κ1) is 22.6. The molecule has 9 heteroatoms. The minimum Gasteiger partial charge on any atom is -0.378 e. The summed E-state index contributed by atoms with van der Waals surface area (Å²) in [7, 11) is 0. The molecule has 0 aliphatic carbocycles. The lowest BCUT2D eigenvalue weighted by Crippen LogP contribution is -2.50. The highest BCUT2D eigenvalue weighted by Crippen LogP contribution is 2.29. The third-order valence-corrected chi connectivity index (χ3v) is 7.50. The molecule has 9 nitrogen and oxygen atoms in total. The zero-order valence-electron chi connectivity index (χ0n) is 19.0. The first-order valence-corrected chi connectivity index (χ1v) is 12.0. The summed E-state index contributed by atoms with van der Waals surface area (Å²) in [5, 5.41) is 5.92. The van der Waals surface area contributed by atoms with Gasteiger partial charge in [0.25, 0.3) is 0 Å². The first-order chi connectivity index (χ1) is 15.4. The molecule has 2 N–H and O–H groups in total. The van der Waals surface area contributed by atoms with E-state index in [4.69, 9.17) is 0 Å². The van der Waals surface area contributed by atoms with Gasteiger partial charge in [0.15, 0.2) is 0 Å². The van der Waals surface area contributed by atoms with Crippen molar-refractivity contribution in [1.29, 1.82) is 0 Å². The van der Waals surface area contributed by atoms with Crippen LogP contribution in [-0.2, 0) is 19.2 Å². The summed E-state index contributed by atoms with van der Waals surface area (Å²) in [5.74, 6) is -0.445. The van der Waals surface area contributed by atoms with Crippen molar-refractivity contribution >= 4 is 23.6 Å². The van der Waals surface area contributed by atoms with E-state index in [-0.39, 0.29) is 54.7 Å². The second kappa shape index (κ2) is 9.50. The van der Waals surface area contributed by atoms with Crippen LogP contribution in [0, 0.1) is 5.92 Å². The molecule has 0 saturated carbocycles. The van der Waals surface area contributed by atoms with Gasteiger partial charge in [0.1, 0.15) is 6.04 Å². The Kier molecular flexibility index (Phi) is 6.71. The van der Waals surface area contributed by atoms with Crippen LogP contribution < -0.4 is 10.6 Å². The highest BCUT2D eigenvalue weighted by molar-refractivity contribution is 5.91. The molecule has 4 heterocycles. The first-order valence-electron chi connectivity index (χ1n) is 12.0. The number of carbonyl (C=O) groups is 4. The topological polar surface area (TPSA) is 102 Å². The normalized spacial score (nSPS) is 32.9. The van der Waals surface area contributed by atoms with Gasteiger partial charge in [-0.3, -0.25) is 19.2 Å². The number of rotatable bonds is 0. The van der Waals surface area contributed by atoms with Gasteiger partial charge in [0.2, 0.25) is 23.6 Å². The third-order valence-electron chi connectivity index (χ3n) is 7.50. The lowest BCUT2D eigenvalue weighted by molar-refractivity contribution is -0.140. The van der Waals surface area contributed by atoms with Crippen molar-refractivity contribution < 1.29 is 19.2 Å². The number of carbonyl (C=O) groups excluding carboxylic acids is 4. The molecule has 4 amide bonds. The van der Waals surface area contributed by atoms with Crippen LogP contribution in [0.5, 0.6) is 0 Å². The van der Waals surface area contributed by atoms with Crippen LogP contribution in [0.25, 0.3) is 0 Å². The molecular weight excluding hydrogens is 410 g/mol. The summed E-state index contributed by atoms with van der Waals surface area (Å²) in [6.07, 6.45) is 5.16. The van der Waals surface area contributed by atoms with Crippen molar-refractivity contribution in [3.05, 3.63) is 12.3 Å². The van der Waals surface area contributed by atoms with Crippen molar-refractivity contribution in [2.75, 3.05) is 32.7 Å². The Labute approximate surface area is 189 Å².